The quantitative estimate of drug-likeness (QED) is 0.885. The zero-order chi connectivity index (χ0) is 15.1. The van der Waals surface area contributed by atoms with Crippen LogP contribution in [0.25, 0.3) is 0 Å². The average Bonchev–Trinajstić information content (AvgIpc) is 2.69. The Morgan fingerprint density at radius 2 is 2.00 bits per heavy atom. The Labute approximate surface area is 128 Å². The zero-order valence-electron chi connectivity index (χ0n) is 13.2. The lowest BCUT2D eigenvalue weighted by atomic mass is 10.1. The number of nitrogens with one attached hydrogen (secondary N) is 1. The molecule has 21 heavy (non-hydrogen) atoms. The molecule has 2 rings (SSSR count). The minimum atomic E-state index is 0.0826. The molecule has 1 amide bonds. The van der Waals surface area contributed by atoms with Gasteiger partial charge in [0.25, 0.3) is 0 Å². The van der Waals surface area contributed by atoms with Gasteiger partial charge in [0, 0.05) is 33.2 Å². The highest BCUT2D eigenvalue weighted by Gasteiger charge is 2.25. The average molecular weight is 289 g/mol. The van der Waals surface area contributed by atoms with E-state index in [2.05, 4.69) is 52.5 Å². The Balaban J connectivity index is 1.82. The Kier molecular flexibility index (Phi) is 6.21. The first-order valence-electron chi connectivity index (χ1n) is 7.85. The SMILES string of the molecule is CNC(=O)[C@@H]1CN(C)CCN(CCCc2ccccc2)C1. The molecule has 4 nitrogen and oxygen atoms in total. The Morgan fingerprint density at radius 1 is 1.24 bits per heavy atom. The molecule has 4 heteroatoms. The molecule has 1 heterocycles. The van der Waals surface area contributed by atoms with Gasteiger partial charge in [-0.3, -0.25) is 4.79 Å². The van der Waals surface area contributed by atoms with E-state index in [1.807, 2.05) is 0 Å². The highest BCUT2D eigenvalue weighted by molar-refractivity contribution is 5.78. The van der Waals surface area contributed by atoms with Gasteiger partial charge in [-0.15, -0.1) is 0 Å². The fourth-order valence-electron chi connectivity index (χ4n) is 2.96. The van der Waals surface area contributed by atoms with E-state index in [1.165, 1.54) is 5.56 Å². The fourth-order valence-corrected chi connectivity index (χ4v) is 2.96. The number of carbonyl (C=O) groups excluding carboxylic acids is 1. The van der Waals surface area contributed by atoms with E-state index in [0.29, 0.717) is 0 Å². The zero-order valence-corrected chi connectivity index (χ0v) is 13.2. The maximum absolute atomic E-state index is 11.9. The summed E-state index contributed by atoms with van der Waals surface area (Å²) in [4.78, 5) is 16.6. The number of rotatable bonds is 5. The smallest absolute Gasteiger partial charge is 0.225 e. The minimum Gasteiger partial charge on any atom is -0.359 e. The number of benzene rings is 1. The van der Waals surface area contributed by atoms with Gasteiger partial charge >= 0.3 is 0 Å². The van der Waals surface area contributed by atoms with Crippen LogP contribution in [0.15, 0.2) is 30.3 Å². The second-order valence-electron chi connectivity index (χ2n) is 5.96. The van der Waals surface area contributed by atoms with Crippen LogP contribution in [0.4, 0.5) is 0 Å². The third-order valence-electron chi connectivity index (χ3n) is 4.21. The standard InChI is InChI=1S/C17H27N3O/c1-18-17(21)16-13-19(2)11-12-20(14-16)10-6-9-15-7-4-3-5-8-15/h3-5,7-8,16H,6,9-14H2,1-2H3,(H,18,21)/t16-/m1/s1. The second kappa shape index (κ2) is 8.15. The number of hydrogen-bond acceptors (Lipinski definition) is 3. The molecule has 1 N–H and O–H groups in total. The molecule has 0 aliphatic carbocycles. The molecule has 1 aromatic rings. The number of aryl methyl sites for hydroxylation is 1. The number of nitrogens with zero attached hydrogens (tertiary/aromatic N) is 2. The van der Waals surface area contributed by atoms with Crippen molar-refractivity contribution in [3.05, 3.63) is 35.9 Å². The first-order chi connectivity index (χ1) is 10.2. The van der Waals surface area contributed by atoms with Crippen LogP contribution in [0.3, 0.4) is 0 Å². The molecule has 0 spiro atoms. The molecule has 1 aliphatic heterocycles. The van der Waals surface area contributed by atoms with Crippen molar-refractivity contribution >= 4 is 5.91 Å². The van der Waals surface area contributed by atoms with Crippen LogP contribution in [-0.4, -0.2) is 62.5 Å². The summed E-state index contributed by atoms with van der Waals surface area (Å²) in [6, 6.07) is 10.6. The van der Waals surface area contributed by atoms with Gasteiger partial charge in [0.15, 0.2) is 0 Å². The van der Waals surface area contributed by atoms with E-state index < -0.39 is 0 Å². The van der Waals surface area contributed by atoms with E-state index >= 15 is 0 Å². The third-order valence-corrected chi connectivity index (χ3v) is 4.21. The maximum Gasteiger partial charge on any atom is 0.225 e. The highest BCUT2D eigenvalue weighted by Crippen LogP contribution is 2.10. The Bertz CT molecular complexity index is 435. The molecule has 1 fully saturated rings. The summed E-state index contributed by atoms with van der Waals surface area (Å²) in [5.74, 6) is 0.246. The first kappa shape index (κ1) is 16.0. The van der Waals surface area contributed by atoms with Gasteiger partial charge in [0.1, 0.15) is 0 Å². The molecule has 1 atom stereocenters. The summed E-state index contributed by atoms with van der Waals surface area (Å²) in [7, 11) is 3.83. The molecule has 0 radical (unpaired) electrons. The van der Waals surface area contributed by atoms with Gasteiger partial charge in [-0.25, -0.2) is 0 Å². The lowest BCUT2D eigenvalue weighted by Crippen LogP contribution is -2.39. The van der Waals surface area contributed by atoms with E-state index in [1.54, 1.807) is 7.05 Å². The largest absolute Gasteiger partial charge is 0.359 e. The number of hydrogen-bond donors (Lipinski definition) is 1. The summed E-state index contributed by atoms with van der Waals surface area (Å²) < 4.78 is 0. The van der Waals surface area contributed by atoms with Crippen LogP contribution < -0.4 is 5.32 Å². The van der Waals surface area contributed by atoms with Gasteiger partial charge in [0.2, 0.25) is 5.91 Å². The monoisotopic (exact) mass is 289 g/mol. The molecule has 0 unspecified atom stereocenters. The number of carbonyl (C=O) groups is 1. The van der Waals surface area contributed by atoms with Crippen molar-refractivity contribution in [2.75, 3.05) is 46.8 Å². The van der Waals surface area contributed by atoms with Gasteiger partial charge in [-0.1, -0.05) is 30.3 Å². The molecule has 1 aliphatic rings. The van der Waals surface area contributed by atoms with Crippen LogP contribution in [0.5, 0.6) is 0 Å². The summed E-state index contributed by atoms with van der Waals surface area (Å²) >= 11 is 0. The lowest BCUT2D eigenvalue weighted by molar-refractivity contribution is -0.125. The van der Waals surface area contributed by atoms with Crippen LogP contribution in [0.2, 0.25) is 0 Å². The van der Waals surface area contributed by atoms with Crippen LogP contribution in [0.1, 0.15) is 12.0 Å². The number of likely N-dealkylation sites (N-methyl/N-ethyl adjacent to an activating group) is 1. The van der Waals surface area contributed by atoms with Crippen molar-refractivity contribution in [1.29, 1.82) is 0 Å². The molecule has 0 aromatic heterocycles. The van der Waals surface area contributed by atoms with E-state index in [4.69, 9.17) is 0 Å². The molecule has 0 saturated carbocycles. The lowest BCUT2D eigenvalue weighted by Gasteiger charge is -2.22. The minimum absolute atomic E-state index is 0.0826. The van der Waals surface area contributed by atoms with Crippen molar-refractivity contribution in [2.45, 2.75) is 12.8 Å². The van der Waals surface area contributed by atoms with E-state index in [0.717, 1.165) is 45.6 Å². The topological polar surface area (TPSA) is 35.6 Å². The summed E-state index contributed by atoms with van der Waals surface area (Å²) in [6.07, 6.45) is 2.26. The van der Waals surface area contributed by atoms with E-state index in [9.17, 15) is 4.79 Å². The Hall–Kier alpha value is -1.39. The summed E-state index contributed by atoms with van der Waals surface area (Å²) in [6.45, 7) is 4.89. The van der Waals surface area contributed by atoms with Gasteiger partial charge in [0.05, 0.1) is 5.92 Å². The van der Waals surface area contributed by atoms with Crippen LogP contribution in [0, 0.1) is 5.92 Å². The molecule has 0 bridgehead atoms. The summed E-state index contributed by atoms with van der Waals surface area (Å²) in [5.41, 5.74) is 1.40. The fraction of sp³-hybridized carbons (Fsp3) is 0.588. The highest BCUT2D eigenvalue weighted by atomic mass is 16.1. The van der Waals surface area contributed by atoms with Crippen molar-refractivity contribution < 1.29 is 4.79 Å². The van der Waals surface area contributed by atoms with Crippen LogP contribution in [-0.2, 0) is 11.2 Å². The third kappa shape index (κ3) is 5.14. The predicted molar refractivity (Wildman–Crippen MR) is 86.3 cm³/mol. The molecular weight excluding hydrogens is 262 g/mol. The van der Waals surface area contributed by atoms with Crippen molar-refractivity contribution in [3.8, 4) is 0 Å². The van der Waals surface area contributed by atoms with Crippen molar-refractivity contribution in [2.24, 2.45) is 5.92 Å². The first-order valence-corrected chi connectivity index (χ1v) is 7.85. The molecule has 1 aromatic carbocycles. The summed E-state index contributed by atoms with van der Waals surface area (Å²) in [5, 5.41) is 2.79. The van der Waals surface area contributed by atoms with Gasteiger partial charge < -0.3 is 15.1 Å². The molecule has 1 saturated heterocycles. The number of amides is 1. The Morgan fingerprint density at radius 3 is 2.71 bits per heavy atom. The normalized spacial score (nSPS) is 21.0. The van der Waals surface area contributed by atoms with Crippen molar-refractivity contribution in [1.82, 2.24) is 15.1 Å². The molecule has 116 valence electrons. The van der Waals surface area contributed by atoms with Crippen molar-refractivity contribution in [3.63, 3.8) is 0 Å². The maximum atomic E-state index is 11.9. The van der Waals surface area contributed by atoms with Crippen LogP contribution >= 0.6 is 0 Å². The predicted octanol–water partition coefficient (Wildman–Crippen LogP) is 1.23. The molecular formula is C17H27N3O. The van der Waals surface area contributed by atoms with Gasteiger partial charge in [-0.2, -0.15) is 0 Å². The second-order valence-corrected chi connectivity index (χ2v) is 5.96. The van der Waals surface area contributed by atoms with E-state index in [-0.39, 0.29) is 11.8 Å². The van der Waals surface area contributed by atoms with Gasteiger partial charge in [-0.05, 0) is 32.0 Å².